The molecule has 2 aromatic carbocycles. The lowest BCUT2D eigenvalue weighted by atomic mass is 10.1. The Morgan fingerprint density at radius 2 is 1.91 bits per heavy atom. The number of hydrogen-bond acceptors (Lipinski definition) is 3. The molecule has 0 saturated heterocycles. The highest BCUT2D eigenvalue weighted by Crippen LogP contribution is 2.23. The molecule has 0 fully saturated rings. The van der Waals surface area contributed by atoms with Crippen molar-refractivity contribution in [2.75, 3.05) is 4.72 Å². The Bertz CT molecular complexity index is 903. The second-order valence-corrected chi connectivity index (χ2v) is 6.86. The number of rotatable bonds is 5. The maximum absolute atomic E-state index is 12.5. The third-order valence-electron chi connectivity index (χ3n) is 3.56. The minimum Gasteiger partial charge on any atom is -0.285 e. The van der Waals surface area contributed by atoms with Gasteiger partial charge in [0.25, 0.3) is 10.0 Å². The summed E-state index contributed by atoms with van der Waals surface area (Å²) in [5.41, 5.74) is 3.30. The van der Waals surface area contributed by atoms with Crippen molar-refractivity contribution in [1.82, 2.24) is 10.2 Å². The topological polar surface area (TPSA) is 74.8 Å². The largest absolute Gasteiger partial charge is 0.285 e. The first-order valence-electron chi connectivity index (χ1n) is 7.29. The Morgan fingerprint density at radius 1 is 1.09 bits per heavy atom. The summed E-state index contributed by atoms with van der Waals surface area (Å²) in [6.07, 6.45) is 4.25. The lowest BCUT2D eigenvalue weighted by molar-refractivity contribution is 0.601. The van der Waals surface area contributed by atoms with Crippen molar-refractivity contribution in [3.05, 3.63) is 66.5 Å². The van der Waals surface area contributed by atoms with E-state index in [1.807, 2.05) is 25.1 Å². The maximum Gasteiger partial charge on any atom is 0.261 e. The molecule has 0 aliphatic heterocycles. The van der Waals surface area contributed by atoms with Crippen molar-refractivity contribution in [1.29, 1.82) is 0 Å². The molecular weight excluding hydrogens is 310 g/mol. The Hall–Kier alpha value is -2.60. The zero-order valence-electron chi connectivity index (χ0n) is 12.7. The van der Waals surface area contributed by atoms with Crippen molar-refractivity contribution in [3.63, 3.8) is 0 Å². The van der Waals surface area contributed by atoms with E-state index < -0.39 is 10.0 Å². The number of sulfonamides is 1. The fourth-order valence-electron chi connectivity index (χ4n) is 2.32. The minimum atomic E-state index is -3.60. The summed E-state index contributed by atoms with van der Waals surface area (Å²) >= 11 is 0. The van der Waals surface area contributed by atoms with Crippen LogP contribution >= 0.6 is 0 Å². The number of H-pyrrole nitrogens is 1. The van der Waals surface area contributed by atoms with Gasteiger partial charge in [-0.05, 0) is 41.8 Å². The monoisotopic (exact) mass is 327 g/mol. The second kappa shape index (κ2) is 6.26. The predicted octanol–water partition coefficient (Wildman–Crippen LogP) is 3.44. The summed E-state index contributed by atoms with van der Waals surface area (Å²) in [6.45, 7) is 1.99. The molecule has 0 saturated carbocycles. The van der Waals surface area contributed by atoms with Gasteiger partial charge >= 0.3 is 0 Å². The Balaban J connectivity index is 1.90. The summed E-state index contributed by atoms with van der Waals surface area (Å²) in [6, 6.07) is 14.2. The van der Waals surface area contributed by atoms with Gasteiger partial charge in [0.05, 0.1) is 11.1 Å². The third kappa shape index (κ3) is 3.43. The highest BCUT2D eigenvalue weighted by Gasteiger charge is 2.14. The van der Waals surface area contributed by atoms with Crippen molar-refractivity contribution in [2.24, 2.45) is 0 Å². The van der Waals surface area contributed by atoms with Gasteiger partial charge in [-0.2, -0.15) is 5.10 Å². The van der Waals surface area contributed by atoms with Crippen molar-refractivity contribution in [3.8, 4) is 11.1 Å². The molecule has 2 N–H and O–H groups in total. The van der Waals surface area contributed by atoms with Gasteiger partial charge in [0.15, 0.2) is 0 Å². The van der Waals surface area contributed by atoms with E-state index >= 15 is 0 Å². The van der Waals surface area contributed by atoms with Gasteiger partial charge in [-0.15, -0.1) is 0 Å². The highest BCUT2D eigenvalue weighted by atomic mass is 32.2. The predicted molar refractivity (Wildman–Crippen MR) is 90.7 cm³/mol. The molecular formula is C17H17N3O2S. The van der Waals surface area contributed by atoms with E-state index in [1.165, 1.54) is 0 Å². The van der Waals surface area contributed by atoms with Crippen LogP contribution in [0.15, 0.2) is 65.8 Å². The first kappa shape index (κ1) is 15.3. The smallest absolute Gasteiger partial charge is 0.261 e. The van der Waals surface area contributed by atoms with Crippen molar-refractivity contribution < 1.29 is 8.42 Å². The van der Waals surface area contributed by atoms with Gasteiger partial charge in [0.1, 0.15) is 0 Å². The summed E-state index contributed by atoms with van der Waals surface area (Å²) in [5.74, 6) is 0. The number of aromatic amines is 1. The summed E-state index contributed by atoms with van der Waals surface area (Å²) in [7, 11) is -3.60. The van der Waals surface area contributed by atoms with Crippen molar-refractivity contribution in [2.45, 2.75) is 18.2 Å². The van der Waals surface area contributed by atoms with Gasteiger partial charge in [-0.3, -0.25) is 9.82 Å². The van der Waals surface area contributed by atoms with Crippen LogP contribution in [-0.4, -0.2) is 18.6 Å². The average Bonchev–Trinajstić information content (AvgIpc) is 3.09. The van der Waals surface area contributed by atoms with Crippen LogP contribution < -0.4 is 4.72 Å². The lowest BCUT2D eigenvalue weighted by Crippen LogP contribution is -2.13. The molecule has 0 amide bonds. The Morgan fingerprint density at radius 3 is 2.65 bits per heavy atom. The van der Waals surface area contributed by atoms with Gasteiger partial charge in [0, 0.05) is 17.4 Å². The first-order valence-corrected chi connectivity index (χ1v) is 8.78. The van der Waals surface area contributed by atoms with E-state index in [0.29, 0.717) is 5.69 Å². The van der Waals surface area contributed by atoms with Crippen LogP contribution in [0.2, 0.25) is 0 Å². The molecule has 0 aliphatic rings. The zero-order valence-corrected chi connectivity index (χ0v) is 13.5. The number of nitrogens with one attached hydrogen (secondary N) is 2. The molecule has 3 rings (SSSR count). The fraction of sp³-hybridized carbons (Fsp3) is 0.118. The molecule has 3 aromatic rings. The SMILES string of the molecule is CCc1cccc(S(=O)(=O)Nc2cccc(-c3cn[nH]c3)c2)c1. The molecule has 5 nitrogen and oxygen atoms in total. The summed E-state index contributed by atoms with van der Waals surface area (Å²) < 4.78 is 27.7. The number of anilines is 1. The average molecular weight is 327 g/mol. The minimum absolute atomic E-state index is 0.269. The number of aromatic nitrogens is 2. The van der Waals surface area contributed by atoms with Crippen LogP contribution in [0, 0.1) is 0 Å². The zero-order chi connectivity index (χ0) is 16.3. The highest BCUT2D eigenvalue weighted by molar-refractivity contribution is 7.92. The quantitative estimate of drug-likeness (QED) is 0.754. The van der Waals surface area contributed by atoms with E-state index in [9.17, 15) is 8.42 Å². The molecule has 23 heavy (non-hydrogen) atoms. The molecule has 0 atom stereocenters. The summed E-state index contributed by atoms with van der Waals surface area (Å²) in [5, 5.41) is 6.65. The van der Waals surface area contributed by atoms with Crippen LogP contribution in [0.5, 0.6) is 0 Å². The van der Waals surface area contributed by atoms with Gasteiger partial charge in [-0.1, -0.05) is 31.2 Å². The van der Waals surface area contributed by atoms with Crippen LogP contribution in [0.25, 0.3) is 11.1 Å². The first-order chi connectivity index (χ1) is 11.1. The molecule has 0 unspecified atom stereocenters. The van der Waals surface area contributed by atoms with Crippen LogP contribution in [0.3, 0.4) is 0 Å². The molecule has 0 bridgehead atoms. The molecule has 0 radical (unpaired) electrons. The number of benzene rings is 2. The molecule has 1 heterocycles. The van der Waals surface area contributed by atoms with Crippen molar-refractivity contribution >= 4 is 15.7 Å². The van der Waals surface area contributed by atoms with E-state index in [2.05, 4.69) is 14.9 Å². The number of hydrogen-bond donors (Lipinski definition) is 2. The molecule has 0 spiro atoms. The maximum atomic E-state index is 12.5. The number of nitrogens with zero attached hydrogens (tertiary/aromatic N) is 1. The lowest BCUT2D eigenvalue weighted by Gasteiger charge is -2.10. The second-order valence-electron chi connectivity index (χ2n) is 5.17. The normalized spacial score (nSPS) is 11.3. The van der Waals surface area contributed by atoms with Crippen LogP contribution in [0.4, 0.5) is 5.69 Å². The van der Waals surface area contributed by atoms with Crippen LogP contribution in [-0.2, 0) is 16.4 Å². The Labute approximate surface area is 135 Å². The van der Waals surface area contributed by atoms with Gasteiger partial charge in [0.2, 0.25) is 0 Å². The molecule has 118 valence electrons. The standard InChI is InChI=1S/C17H17N3O2S/c1-2-13-5-3-8-17(9-13)23(21,22)20-16-7-4-6-14(10-16)15-11-18-19-12-15/h3-12,20H,2H2,1H3,(H,18,19). The van der Waals surface area contributed by atoms with E-state index in [-0.39, 0.29) is 4.90 Å². The molecule has 0 aliphatic carbocycles. The fourth-order valence-corrected chi connectivity index (χ4v) is 3.44. The number of aryl methyl sites for hydroxylation is 1. The third-order valence-corrected chi connectivity index (χ3v) is 4.94. The van der Waals surface area contributed by atoms with E-state index in [0.717, 1.165) is 23.1 Å². The van der Waals surface area contributed by atoms with E-state index in [4.69, 9.17) is 0 Å². The van der Waals surface area contributed by atoms with Gasteiger partial charge in [-0.25, -0.2) is 8.42 Å². The van der Waals surface area contributed by atoms with Gasteiger partial charge < -0.3 is 0 Å². The summed E-state index contributed by atoms with van der Waals surface area (Å²) in [4.78, 5) is 0.269. The molecule has 6 heteroatoms. The van der Waals surface area contributed by atoms with E-state index in [1.54, 1.807) is 42.7 Å². The molecule has 1 aromatic heterocycles. The Kier molecular flexibility index (Phi) is 4.16. The van der Waals surface area contributed by atoms with Crippen LogP contribution in [0.1, 0.15) is 12.5 Å².